The van der Waals surface area contributed by atoms with Gasteiger partial charge in [-0.25, -0.2) is 9.18 Å². The quantitative estimate of drug-likeness (QED) is 0.670. The third kappa shape index (κ3) is 3.61. The molecule has 2 aromatic heterocycles. The molecule has 124 valence electrons. The van der Waals surface area contributed by atoms with E-state index in [1.165, 1.54) is 29.3 Å². The number of hydrogen-bond donors (Lipinski definition) is 3. The van der Waals surface area contributed by atoms with Crippen molar-refractivity contribution in [1.29, 1.82) is 0 Å². The molecule has 0 aliphatic heterocycles. The molecule has 8 heteroatoms. The van der Waals surface area contributed by atoms with Gasteiger partial charge in [0.2, 0.25) is 0 Å². The van der Waals surface area contributed by atoms with Gasteiger partial charge in [0.15, 0.2) is 0 Å². The zero-order chi connectivity index (χ0) is 16.9. The third-order valence-corrected chi connectivity index (χ3v) is 3.24. The van der Waals surface area contributed by atoms with Crippen molar-refractivity contribution in [2.24, 2.45) is 0 Å². The highest BCUT2D eigenvalue weighted by Crippen LogP contribution is 2.25. The van der Waals surface area contributed by atoms with Crippen LogP contribution in [-0.4, -0.2) is 27.5 Å². The Balaban J connectivity index is 1.70. The summed E-state index contributed by atoms with van der Waals surface area (Å²) in [5.74, 6) is 0.0140. The van der Waals surface area contributed by atoms with E-state index in [0.717, 1.165) is 0 Å². The molecule has 0 atom stereocenters. The number of halogens is 1. The first kappa shape index (κ1) is 15.8. The Hall–Kier alpha value is -3.13. The Kier molecular flexibility index (Phi) is 4.57. The minimum absolute atomic E-state index is 0.0316. The van der Waals surface area contributed by atoms with Gasteiger partial charge in [0.1, 0.15) is 11.6 Å². The largest absolute Gasteiger partial charge is 0.464 e. The molecule has 0 radical (unpaired) electrons. The normalized spacial score (nSPS) is 10.6. The molecule has 24 heavy (non-hydrogen) atoms. The third-order valence-electron chi connectivity index (χ3n) is 3.24. The summed E-state index contributed by atoms with van der Waals surface area (Å²) < 4.78 is 20.6. The molecular formula is C16H15FN4O3. The molecule has 3 aromatic rings. The summed E-state index contributed by atoms with van der Waals surface area (Å²) in [6.07, 6.45) is 4.51. The van der Waals surface area contributed by atoms with Gasteiger partial charge < -0.3 is 20.2 Å². The average Bonchev–Trinajstić information content (AvgIpc) is 3.22. The summed E-state index contributed by atoms with van der Waals surface area (Å²) in [5.41, 5.74) is 1.11. The molecule has 2 heterocycles. The monoisotopic (exact) mass is 330 g/mol. The molecule has 1 aromatic carbocycles. The number of amides is 2. The van der Waals surface area contributed by atoms with E-state index in [4.69, 9.17) is 9.52 Å². The van der Waals surface area contributed by atoms with Crippen molar-refractivity contribution in [1.82, 2.24) is 9.78 Å². The molecule has 2 amide bonds. The Morgan fingerprint density at radius 1 is 1.33 bits per heavy atom. The van der Waals surface area contributed by atoms with Crippen molar-refractivity contribution in [3.63, 3.8) is 0 Å². The molecule has 0 aliphatic carbocycles. The van der Waals surface area contributed by atoms with Crippen molar-refractivity contribution >= 4 is 17.4 Å². The topological polar surface area (TPSA) is 92.3 Å². The van der Waals surface area contributed by atoms with E-state index >= 15 is 0 Å². The minimum Gasteiger partial charge on any atom is -0.464 e. The zero-order valence-electron chi connectivity index (χ0n) is 12.6. The van der Waals surface area contributed by atoms with Gasteiger partial charge in [-0.3, -0.25) is 4.68 Å². The number of hydrogen-bond acceptors (Lipinski definition) is 4. The summed E-state index contributed by atoms with van der Waals surface area (Å²) >= 11 is 0. The Morgan fingerprint density at radius 3 is 2.96 bits per heavy atom. The van der Waals surface area contributed by atoms with Crippen LogP contribution in [0.15, 0.2) is 53.4 Å². The van der Waals surface area contributed by atoms with Crippen molar-refractivity contribution in [3.8, 4) is 11.3 Å². The van der Waals surface area contributed by atoms with Gasteiger partial charge in [-0.2, -0.15) is 5.10 Å². The van der Waals surface area contributed by atoms with Crippen molar-refractivity contribution in [2.45, 2.75) is 6.54 Å². The number of nitrogens with one attached hydrogen (secondary N) is 2. The minimum atomic E-state index is -0.603. The first-order chi connectivity index (χ1) is 11.7. The number of carbonyl (C=O) groups is 1. The van der Waals surface area contributed by atoms with Crippen LogP contribution in [0.5, 0.6) is 0 Å². The predicted octanol–water partition coefficient (Wildman–Crippen LogP) is 2.92. The molecule has 3 N–H and O–H groups in total. The highest BCUT2D eigenvalue weighted by Gasteiger charge is 2.11. The number of benzene rings is 1. The number of anilines is 2. The molecule has 0 spiro atoms. The number of aliphatic hydroxyl groups is 1. The van der Waals surface area contributed by atoms with E-state index in [2.05, 4.69) is 15.7 Å². The lowest BCUT2D eigenvalue weighted by Gasteiger charge is -2.08. The Labute approximate surface area is 136 Å². The number of carbonyl (C=O) groups excluding carboxylic acids is 1. The van der Waals surface area contributed by atoms with E-state index in [1.807, 2.05) is 0 Å². The summed E-state index contributed by atoms with van der Waals surface area (Å²) in [7, 11) is 0. The van der Waals surface area contributed by atoms with Gasteiger partial charge in [-0.1, -0.05) is 0 Å². The molecule has 0 unspecified atom stereocenters. The maximum absolute atomic E-state index is 13.9. The van der Waals surface area contributed by atoms with E-state index in [0.29, 0.717) is 23.6 Å². The van der Waals surface area contributed by atoms with E-state index in [-0.39, 0.29) is 12.3 Å². The number of aromatic nitrogens is 2. The predicted molar refractivity (Wildman–Crippen MR) is 86.1 cm³/mol. The lowest BCUT2D eigenvalue weighted by molar-refractivity contribution is 0.262. The second-order valence-corrected chi connectivity index (χ2v) is 4.97. The molecule has 0 saturated heterocycles. The number of rotatable bonds is 5. The number of aliphatic hydroxyl groups excluding tert-OH is 1. The van der Waals surface area contributed by atoms with Crippen LogP contribution in [0.25, 0.3) is 11.3 Å². The van der Waals surface area contributed by atoms with E-state index < -0.39 is 11.8 Å². The van der Waals surface area contributed by atoms with Gasteiger partial charge in [-0.05, 0) is 30.3 Å². The lowest BCUT2D eigenvalue weighted by Crippen LogP contribution is -2.20. The summed E-state index contributed by atoms with van der Waals surface area (Å²) in [6, 6.07) is 7.18. The standard InChI is InChI=1S/C16H15FN4O3/c17-13-4-3-11(15-2-1-7-24-15)8-14(13)20-16(23)19-12-9-18-21(10-12)5-6-22/h1-4,7-10,22H,5-6H2,(H2,19,20,23). The van der Waals surface area contributed by atoms with Crippen LogP contribution < -0.4 is 10.6 Å². The number of urea groups is 1. The van der Waals surface area contributed by atoms with Crippen LogP contribution in [0, 0.1) is 5.82 Å². The molecular weight excluding hydrogens is 315 g/mol. The fourth-order valence-electron chi connectivity index (χ4n) is 2.15. The Morgan fingerprint density at radius 2 is 2.21 bits per heavy atom. The molecule has 0 saturated carbocycles. The smallest absolute Gasteiger partial charge is 0.323 e. The highest BCUT2D eigenvalue weighted by molar-refractivity contribution is 6.00. The van der Waals surface area contributed by atoms with Gasteiger partial charge in [0.25, 0.3) is 0 Å². The maximum atomic E-state index is 13.9. The van der Waals surface area contributed by atoms with Crippen molar-refractivity contribution < 1.29 is 18.7 Å². The first-order valence-corrected chi connectivity index (χ1v) is 7.20. The summed E-state index contributed by atoms with van der Waals surface area (Å²) in [6.45, 7) is 0.265. The molecule has 0 aliphatic rings. The van der Waals surface area contributed by atoms with Crippen LogP contribution in [0.2, 0.25) is 0 Å². The van der Waals surface area contributed by atoms with E-state index in [9.17, 15) is 9.18 Å². The van der Waals surface area contributed by atoms with Gasteiger partial charge in [-0.15, -0.1) is 0 Å². The molecule has 3 rings (SSSR count). The zero-order valence-corrected chi connectivity index (χ0v) is 12.6. The number of furan rings is 1. The van der Waals surface area contributed by atoms with E-state index in [1.54, 1.807) is 24.4 Å². The summed E-state index contributed by atoms with van der Waals surface area (Å²) in [4.78, 5) is 12.0. The van der Waals surface area contributed by atoms with Gasteiger partial charge in [0, 0.05) is 11.8 Å². The second kappa shape index (κ2) is 6.97. The van der Waals surface area contributed by atoms with Crippen molar-refractivity contribution in [3.05, 3.63) is 54.8 Å². The molecule has 0 fully saturated rings. The van der Waals surface area contributed by atoms with Crippen LogP contribution in [-0.2, 0) is 6.54 Å². The van der Waals surface area contributed by atoms with Crippen LogP contribution in [0.4, 0.5) is 20.6 Å². The van der Waals surface area contributed by atoms with Gasteiger partial charge >= 0.3 is 6.03 Å². The van der Waals surface area contributed by atoms with Crippen molar-refractivity contribution in [2.75, 3.05) is 17.2 Å². The Bertz CT molecular complexity index is 830. The van der Waals surface area contributed by atoms with Crippen LogP contribution in [0.3, 0.4) is 0 Å². The maximum Gasteiger partial charge on any atom is 0.323 e. The second-order valence-electron chi connectivity index (χ2n) is 4.97. The molecule has 7 nitrogen and oxygen atoms in total. The van der Waals surface area contributed by atoms with Gasteiger partial charge in [0.05, 0.1) is 37.0 Å². The molecule has 0 bridgehead atoms. The van der Waals surface area contributed by atoms with Crippen LogP contribution in [0.1, 0.15) is 0 Å². The first-order valence-electron chi connectivity index (χ1n) is 7.20. The fourth-order valence-corrected chi connectivity index (χ4v) is 2.15. The van der Waals surface area contributed by atoms with Crippen LogP contribution >= 0.6 is 0 Å². The number of nitrogens with zero attached hydrogens (tertiary/aromatic N) is 2. The average molecular weight is 330 g/mol. The lowest BCUT2D eigenvalue weighted by atomic mass is 10.1. The summed E-state index contributed by atoms with van der Waals surface area (Å²) in [5, 5.41) is 17.8. The SMILES string of the molecule is O=C(Nc1cnn(CCO)c1)Nc1cc(-c2ccco2)ccc1F. The highest BCUT2D eigenvalue weighted by atomic mass is 19.1. The fraction of sp³-hybridized carbons (Fsp3) is 0.125.